The van der Waals surface area contributed by atoms with Gasteiger partial charge < -0.3 is 4.74 Å². The highest BCUT2D eigenvalue weighted by Crippen LogP contribution is 2.74. The van der Waals surface area contributed by atoms with E-state index in [-0.39, 0.29) is 62.4 Å². The summed E-state index contributed by atoms with van der Waals surface area (Å²) in [6, 6.07) is 0. The number of carbonyl (C=O) groups is 3. The van der Waals surface area contributed by atoms with E-state index in [9.17, 15) is 14.4 Å². The molecule has 3 saturated carbocycles. The van der Waals surface area contributed by atoms with Crippen LogP contribution in [0.3, 0.4) is 0 Å². The zero-order valence-corrected chi connectivity index (χ0v) is 23.8. The fourth-order valence-electron chi connectivity index (χ4n) is 10.00. The SMILES string of the molecule is CC(=O)OC[C@]12CCC(C)(C)CC1C1=CC(=O)[C@@H]3[C@@]4(C)C=CC(=O)C(C)(C)[C@@H]4CC[C@@]3(C)[C@]1(C)CC2. The maximum atomic E-state index is 14.3. The molecular formula is C32H46O4. The third-order valence-corrected chi connectivity index (χ3v) is 12.4. The number of hydrogen-bond donors (Lipinski definition) is 0. The largest absolute Gasteiger partial charge is 0.465 e. The molecule has 0 aliphatic heterocycles. The van der Waals surface area contributed by atoms with Gasteiger partial charge in [-0.05, 0) is 85.2 Å². The molecule has 0 saturated heterocycles. The standard InChI is InChI=1S/C32H46O4/c1-20(33)36-19-32-15-13-27(2,3)18-22(32)21-17-23(34)26-29(6)11-10-25(35)28(4,5)24(29)9-12-31(26,8)30(21,7)14-16-32/h10-11,17,22,24,26H,9,12-16,18-19H2,1-8H3/t22?,24-,26+,29-,30+,31+,32+/m0/s1. The van der Waals surface area contributed by atoms with Crippen LogP contribution in [0.5, 0.6) is 0 Å². The monoisotopic (exact) mass is 494 g/mol. The second-order valence-corrected chi connectivity index (χ2v) is 15.1. The minimum absolute atomic E-state index is 0.0731. The second-order valence-electron chi connectivity index (χ2n) is 15.1. The predicted molar refractivity (Wildman–Crippen MR) is 141 cm³/mol. The molecule has 0 aromatic carbocycles. The molecule has 5 aliphatic carbocycles. The molecule has 0 heterocycles. The number of ether oxygens (including phenoxy) is 1. The highest BCUT2D eigenvalue weighted by molar-refractivity contribution is 5.99. The molecule has 4 nitrogen and oxygen atoms in total. The highest BCUT2D eigenvalue weighted by Gasteiger charge is 2.69. The van der Waals surface area contributed by atoms with Gasteiger partial charge in [0.2, 0.25) is 0 Å². The van der Waals surface area contributed by atoms with Gasteiger partial charge in [-0.15, -0.1) is 0 Å². The van der Waals surface area contributed by atoms with Crippen molar-refractivity contribution in [3.63, 3.8) is 0 Å². The molecule has 0 aromatic rings. The number of hydrogen-bond acceptors (Lipinski definition) is 4. The molecule has 0 radical (unpaired) electrons. The van der Waals surface area contributed by atoms with Crippen molar-refractivity contribution in [3.05, 3.63) is 23.8 Å². The fourth-order valence-corrected chi connectivity index (χ4v) is 10.00. The fraction of sp³-hybridized carbons (Fsp3) is 0.781. The van der Waals surface area contributed by atoms with Gasteiger partial charge in [-0.2, -0.15) is 0 Å². The smallest absolute Gasteiger partial charge is 0.302 e. The van der Waals surface area contributed by atoms with Crippen LogP contribution in [0, 0.1) is 50.2 Å². The molecular weight excluding hydrogens is 448 g/mol. The third-order valence-electron chi connectivity index (χ3n) is 12.4. The lowest BCUT2D eigenvalue weighted by atomic mass is 9.34. The molecule has 0 amide bonds. The normalized spacial score (nSPS) is 46.6. The van der Waals surface area contributed by atoms with Crippen molar-refractivity contribution in [1.29, 1.82) is 0 Å². The first-order valence-electron chi connectivity index (χ1n) is 14.2. The van der Waals surface area contributed by atoms with Crippen molar-refractivity contribution in [2.45, 2.75) is 100 Å². The number of rotatable bonds is 2. The predicted octanol–water partition coefficient (Wildman–Crippen LogP) is 6.88. The maximum Gasteiger partial charge on any atom is 0.302 e. The number of allylic oxidation sites excluding steroid dienone is 4. The lowest BCUT2D eigenvalue weighted by Crippen LogP contribution is -2.65. The Morgan fingerprint density at radius 3 is 2.31 bits per heavy atom. The van der Waals surface area contributed by atoms with Crippen molar-refractivity contribution >= 4 is 17.5 Å². The molecule has 5 aliphatic rings. The Balaban J connectivity index is 1.64. The van der Waals surface area contributed by atoms with E-state index in [2.05, 4.69) is 54.5 Å². The van der Waals surface area contributed by atoms with Crippen molar-refractivity contribution in [3.8, 4) is 0 Å². The molecule has 3 fully saturated rings. The Labute approximate surface area is 217 Å². The van der Waals surface area contributed by atoms with E-state index in [1.54, 1.807) is 6.08 Å². The van der Waals surface area contributed by atoms with Gasteiger partial charge in [0.1, 0.15) is 0 Å². The van der Waals surface area contributed by atoms with Crippen LogP contribution in [0.1, 0.15) is 100 Å². The summed E-state index contributed by atoms with van der Waals surface area (Å²) < 4.78 is 5.71. The summed E-state index contributed by atoms with van der Waals surface area (Å²) >= 11 is 0. The average molecular weight is 495 g/mol. The Bertz CT molecular complexity index is 1080. The number of carbonyl (C=O) groups excluding carboxylic acids is 3. The van der Waals surface area contributed by atoms with E-state index >= 15 is 0 Å². The number of esters is 1. The third kappa shape index (κ3) is 3.27. The number of fused-ring (bicyclic) bond motifs is 7. The Morgan fingerprint density at radius 1 is 0.972 bits per heavy atom. The summed E-state index contributed by atoms with van der Waals surface area (Å²) in [7, 11) is 0. The van der Waals surface area contributed by atoms with E-state index in [1.807, 2.05) is 6.08 Å². The summed E-state index contributed by atoms with van der Waals surface area (Å²) in [5.74, 6) is 0.526. The number of ketones is 2. The van der Waals surface area contributed by atoms with Crippen molar-refractivity contribution < 1.29 is 19.1 Å². The molecule has 5 rings (SSSR count). The summed E-state index contributed by atoms with van der Waals surface area (Å²) in [5.41, 5.74) is 0.418. The summed E-state index contributed by atoms with van der Waals surface area (Å²) in [6.45, 7) is 17.9. The van der Waals surface area contributed by atoms with Crippen LogP contribution >= 0.6 is 0 Å². The van der Waals surface area contributed by atoms with E-state index < -0.39 is 5.41 Å². The summed E-state index contributed by atoms with van der Waals surface area (Å²) in [4.78, 5) is 39.0. The topological polar surface area (TPSA) is 60.4 Å². The minimum Gasteiger partial charge on any atom is -0.465 e. The molecule has 0 bridgehead atoms. The Kier molecular flexibility index (Phi) is 5.52. The van der Waals surface area contributed by atoms with Gasteiger partial charge >= 0.3 is 5.97 Å². The van der Waals surface area contributed by atoms with Gasteiger partial charge in [0, 0.05) is 29.1 Å². The Morgan fingerprint density at radius 2 is 1.64 bits per heavy atom. The van der Waals surface area contributed by atoms with Gasteiger partial charge in [-0.3, -0.25) is 14.4 Å². The highest BCUT2D eigenvalue weighted by atomic mass is 16.5. The van der Waals surface area contributed by atoms with E-state index in [4.69, 9.17) is 4.74 Å². The van der Waals surface area contributed by atoms with Gasteiger partial charge in [-0.25, -0.2) is 0 Å². The van der Waals surface area contributed by atoms with Crippen molar-refractivity contribution in [2.75, 3.05) is 6.61 Å². The van der Waals surface area contributed by atoms with Crippen molar-refractivity contribution in [2.24, 2.45) is 50.2 Å². The summed E-state index contributed by atoms with van der Waals surface area (Å²) in [5, 5.41) is 0. The molecule has 0 N–H and O–H groups in total. The first-order valence-corrected chi connectivity index (χ1v) is 14.2. The average Bonchev–Trinajstić information content (AvgIpc) is 2.77. The van der Waals surface area contributed by atoms with Crippen LogP contribution in [0.15, 0.2) is 23.8 Å². The van der Waals surface area contributed by atoms with Crippen LogP contribution in [-0.2, 0) is 19.1 Å². The second kappa shape index (κ2) is 7.67. The van der Waals surface area contributed by atoms with Crippen LogP contribution in [0.4, 0.5) is 0 Å². The first-order chi connectivity index (χ1) is 16.5. The summed E-state index contributed by atoms with van der Waals surface area (Å²) in [6.07, 6.45) is 13.1. The molecule has 4 heteroatoms. The maximum absolute atomic E-state index is 14.3. The zero-order chi connectivity index (χ0) is 26.5. The van der Waals surface area contributed by atoms with Gasteiger partial charge in [0.15, 0.2) is 11.6 Å². The van der Waals surface area contributed by atoms with Crippen LogP contribution in [0.25, 0.3) is 0 Å². The first kappa shape index (κ1) is 25.9. The molecule has 198 valence electrons. The quantitative estimate of drug-likeness (QED) is 0.393. The van der Waals surface area contributed by atoms with Gasteiger partial charge in [0.05, 0.1) is 6.61 Å². The zero-order valence-electron chi connectivity index (χ0n) is 23.8. The van der Waals surface area contributed by atoms with Crippen LogP contribution < -0.4 is 0 Å². The molecule has 0 aromatic heterocycles. The lowest BCUT2D eigenvalue weighted by Gasteiger charge is -2.69. The minimum atomic E-state index is -0.449. The molecule has 7 atom stereocenters. The lowest BCUT2D eigenvalue weighted by molar-refractivity contribution is -0.174. The van der Waals surface area contributed by atoms with Crippen LogP contribution in [0.2, 0.25) is 0 Å². The Hall–Kier alpha value is -1.71. The van der Waals surface area contributed by atoms with Gasteiger partial charge in [0.25, 0.3) is 0 Å². The molecule has 0 spiro atoms. The van der Waals surface area contributed by atoms with E-state index in [0.717, 1.165) is 44.9 Å². The molecule has 36 heavy (non-hydrogen) atoms. The van der Waals surface area contributed by atoms with E-state index in [1.165, 1.54) is 12.5 Å². The van der Waals surface area contributed by atoms with Crippen molar-refractivity contribution in [1.82, 2.24) is 0 Å². The van der Waals surface area contributed by atoms with Gasteiger partial charge in [-0.1, -0.05) is 60.1 Å². The van der Waals surface area contributed by atoms with E-state index in [0.29, 0.717) is 6.61 Å². The molecule has 1 unspecified atom stereocenters. The van der Waals surface area contributed by atoms with Crippen LogP contribution in [-0.4, -0.2) is 24.1 Å².